The van der Waals surface area contributed by atoms with Crippen LogP contribution in [0, 0.1) is 6.92 Å². The van der Waals surface area contributed by atoms with Crippen molar-refractivity contribution in [3.63, 3.8) is 0 Å². The minimum Gasteiger partial charge on any atom is -0.496 e. The quantitative estimate of drug-likeness (QED) is 0.309. The summed E-state index contributed by atoms with van der Waals surface area (Å²) < 4.78 is 7.41. The number of anilines is 2. The summed E-state index contributed by atoms with van der Waals surface area (Å²) in [6, 6.07) is 15.4. The molecular formula is C27H27N7O2. The summed E-state index contributed by atoms with van der Waals surface area (Å²) in [5, 5.41) is 9.07. The summed E-state index contributed by atoms with van der Waals surface area (Å²) in [5.74, 6) is 1.87. The maximum absolute atomic E-state index is 11.2. The van der Waals surface area contributed by atoms with Crippen molar-refractivity contribution in [2.75, 3.05) is 18.2 Å². The number of nitrogens with zero attached hydrogens (tertiary/aromatic N) is 4. The molecule has 0 fully saturated rings. The Balaban J connectivity index is 1.30. The number of methoxy groups -OCH3 is 1. The van der Waals surface area contributed by atoms with Gasteiger partial charge in [0.2, 0.25) is 5.56 Å². The van der Waals surface area contributed by atoms with Crippen molar-refractivity contribution in [3.05, 3.63) is 105 Å². The molecule has 9 heteroatoms. The maximum Gasteiger partial charge on any atom is 0.247 e. The van der Waals surface area contributed by atoms with Crippen LogP contribution in [0.15, 0.2) is 71.9 Å². The van der Waals surface area contributed by atoms with Gasteiger partial charge in [-0.25, -0.2) is 9.97 Å². The number of hydrogen-bond donors (Lipinski definition) is 3. The van der Waals surface area contributed by atoms with E-state index in [2.05, 4.69) is 44.5 Å². The summed E-state index contributed by atoms with van der Waals surface area (Å²) in [5.41, 5.74) is 11.7. The number of aromatic nitrogens is 5. The zero-order chi connectivity index (χ0) is 25.1. The molecule has 0 unspecified atom stereocenters. The lowest BCUT2D eigenvalue weighted by Crippen LogP contribution is -2.07. The Kier molecular flexibility index (Phi) is 6.36. The number of nitrogens with one attached hydrogen (secondary N) is 2. The second kappa shape index (κ2) is 9.91. The van der Waals surface area contributed by atoms with E-state index in [1.165, 1.54) is 5.56 Å². The molecule has 9 nitrogen and oxygen atoms in total. The van der Waals surface area contributed by atoms with Crippen molar-refractivity contribution in [2.24, 2.45) is 0 Å². The van der Waals surface area contributed by atoms with Crippen molar-refractivity contribution < 1.29 is 4.74 Å². The monoisotopic (exact) mass is 481 g/mol. The lowest BCUT2D eigenvalue weighted by molar-refractivity contribution is 0.409. The van der Waals surface area contributed by atoms with Gasteiger partial charge in [0, 0.05) is 48.5 Å². The molecule has 36 heavy (non-hydrogen) atoms. The molecular weight excluding hydrogens is 454 g/mol. The number of pyridine rings is 3. The molecule has 0 spiro atoms. The molecule has 1 aromatic carbocycles. The second-order valence-electron chi connectivity index (χ2n) is 8.64. The third-order valence-electron chi connectivity index (χ3n) is 6.07. The summed E-state index contributed by atoms with van der Waals surface area (Å²) in [6.45, 7) is 3.05. The molecule has 0 aliphatic carbocycles. The molecule has 0 saturated carbocycles. The van der Waals surface area contributed by atoms with Gasteiger partial charge in [0.1, 0.15) is 17.4 Å². The molecule has 182 valence electrons. The summed E-state index contributed by atoms with van der Waals surface area (Å²) >= 11 is 0. The molecule has 0 aliphatic rings. The van der Waals surface area contributed by atoms with Crippen LogP contribution >= 0.6 is 0 Å². The van der Waals surface area contributed by atoms with Crippen LogP contribution in [0.4, 0.5) is 11.6 Å². The molecule has 4 aromatic heterocycles. The Morgan fingerprint density at radius 2 is 1.86 bits per heavy atom. The topological polar surface area (TPSA) is 124 Å². The fourth-order valence-corrected chi connectivity index (χ4v) is 4.22. The van der Waals surface area contributed by atoms with Gasteiger partial charge in [0.15, 0.2) is 0 Å². The molecule has 4 heterocycles. The Morgan fingerprint density at radius 1 is 1.08 bits per heavy atom. The van der Waals surface area contributed by atoms with Crippen LogP contribution in [0.25, 0.3) is 10.9 Å². The highest BCUT2D eigenvalue weighted by molar-refractivity contribution is 5.88. The lowest BCUT2D eigenvalue weighted by Gasteiger charge is -2.13. The summed E-state index contributed by atoms with van der Waals surface area (Å²) in [4.78, 5) is 22.8. The van der Waals surface area contributed by atoms with E-state index in [1.807, 2.05) is 29.9 Å². The molecule has 5 aromatic rings. The fourth-order valence-electron chi connectivity index (χ4n) is 4.22. The van der Waals surface area contributed by atoms with Crippen molar-refractivity contribution in [2.45, 2.75) is 26.4 Å². The number of H-pyrrole nitrogens is 1. The Morgan fingerprint density at radius 3 is 2.61 bits per heavy atom. The first-order valence-electron chi connectivity index (χ1n) is 11.6. The number of ether oxygens (including phenoxy) is 1. The number of aromatic amines is 1. The largest absolute Gasteiger partial charge is 0.496 e. The number of benzene rings is 1. The van der Waals surface area contributed by atoms with E-state index >= 15 is 0 Å². The number of nitrogens with two attached hydrogens (primary N) is 1. The maximum atomic E-state index is 11.2. The van der Waals surface area contributed by atoms with Gasteiger partial charge in [0.05, 0.1) is 24.6 Å². The second-order valence-corrected chi connectivity index (χ2v) is 8.64. The highest BCUT2D eigenvalue weighted by atomic mass is 16.5. The fraction of sp³-hybridized carbons (Fsp3) is 0.185. The molecule has 0 bridgehead atoms. The van der Waals surface area contributed by atoms with E-state index in [0.717, 1.165) is 45.5 Å². The van der Waals surface area contributed by atoms with Crippen molar-refractivity contribution in [3.8, 4) is 5.75 Å². The standard InChI is InChI=1S/C27H27N7O2/c1-17-21(24(36-2)12-25(28)32-17)14-31-27-22-16-34(33-23(22)9-10-29-27)15-19-5-3-18(4-6-19)11-20-7-8-26(35)30-13-20/h3-10,12-13,16H,11,14-15H2,1-2H3,(H2,28,32)(H,29,31)(H,30,35). The molecule has 0 amide bonds. The average Bonchev–Trinajstić information content (AvgIpc) is 3.29. The third kappa shape index (κ3) is 5.05. The Hall–Kier alpha value is -4.66. The van der Waals surface area contributed by atoms with Gasteiger partial charge in [-0.3, -0.25) is 9.48 Å². The number of nitrogen functional groups attached to an aromatic ring is 1. The first kappa shape index (κ1) is 23.1. The number of fused-ring (bicyclic) bond motifs is 1. The zero-order valence-electron chi connectivity index (χ0n) is 20.2. The van der Waals surface area contributed by atoms with E-state index in [9.17, 15) is 4.79 Å². The average molecular weight is 482 g/mol. The van der Waals surface area contributed by atoms with Crippen molar-refractivity contribution >= 4 is 22.5 Å². The SMILES string of the molecule is COc1cc(N)nc(C)c1CNc1nccc2nn(Cc3ccc(Cc4ccc(=O)[nH]c4)cc3)cc12. The minimum absolute atomic E-state index is 0.0913. The highest BCUT2D eigenvalue weighted by Crippen LogP contribution is 2.26. The van der Waals surface area contributed by atoms with Gasteiger partial charge in [-0.1, -0.05) is 30.3 Å². The predicted molar refractivity (Wildman–Crippen MR) is 140 cm³/mol. The van der Waals surface area contributed by atoms with Crippen molar-refractivity contribution in [1.29, 1.82) is 0 Å². The first-order valence-corrected chi connectivity index (χ1v) is 11.6. The minimum atomic E-state index is -0.0913. The van der Waals surface area contributed by atoms with E-state index in [-0.39, 0.29) is 5.56 Å². The lowest BCUT2D eigenvalue weighted by atomic mass is 10.0. The van der Waals surface area contributed by atoms with Gasteiger partial charge < -0.3 is 20.8 Å². The Bertz CT molecular complexity index is 1550. The molecule has 0 saturated heterocycles. The van der Waals surface area contributed by atoms with Crippen LogP contribution in [0.3, 0.4) is 0 Å². The van der Waals surface area contributed by atoms with Gasteiger partial charge in [-0.05, 0) is 36.1 Å². The van der Waals surface area contributed by atoms with Crippen LogP contribution in [-0.2, 0) is 19.5 Å². The predicted octanol–water partition coefficient (Wildman–Crippen LogP) is 3.67. The van der Waals surface area contributed by atoms with E-state index < -0.39 is 0 Å². The number of rotatable bonds is 8. The highest BCUT2D eigenvalue weighted by Gasteiger charge is 2.12. The molecule has 5 rings (SSSR count). The zero-order valence-corrected chi connectivity index (χ0v) is 20.2. The number of aryl methyl sites for hydroxylation is 1. The van der Waals surface area contributed by atoms with E-state index in [1.54, 1.807) is 31.6 Å². The summed E-state index contributed by atoms with van der Waals surface area (Å²) in [7, 11) is 1.62. The van der Waals surface area contributed by atoms with Gasteiger partial charge in [-0.2, -0.15) is 5.10 Å². The van der Waals surface area contributed by atoms with Crippen LogP contribution < -0.4 is 21.3 Å². The molecule has 0 radical (unpaired) electrons. The van der Waals surface area contributed by atoms with Crippen LogP contribution in [-0.4, -0.2) is 31.8 Å². The third-order valence-corrected chi connectivity index (χ3v) is 6.07. The van der Waals surface area contributed by atoms with E-state index in [0.29, 0.717) is 24.7 Å². The van der Waals surface area contributed by atoms with Gasteiger partial charge in [-0.15, -0.1) is 0 Å². The van der Waals surface area contributed by atoms with Crippen molar-refractivity contribution in [1.82, 2.24) is 24.7 Å². The summed E-state index contributed by atoms with van der Waals surface area (Å²) in [6.07, 6.45) is 6.27. The van der Waals surface area contributed by atoms with Crippen LogP contribution in [0.1, 0.15) is 27.9 Å². The molecule has 4 N–H and O–H groups in total. The first-order chi connectivity index (χ1) is 17.5. The van der Waals surface area contributed by atoms with Gasteiger partial charge >= 0.3 is 0 Å². The van der Waals surface area contributed by atoms with E-state index in [4.69, 9.17) is 15.6 Å². The number of hydrogen-bond acceptors (Lipinski definition) is 7. The Labute approximate surface area is 208 Å². The smallest absolute Gasteiger partial charge is 0.247 e. The molecule has 0 aliphatic heterocycles. The normalized spacial score (nSPS) is 11.1. The molecule has 0 atom stereocenters. The van der Waals surface area contributed by atoms with Crippen LogP contribution in [0.5, 0.6) is 5.75 Å². The van der Waals surface area contributed by atoms with Crippen LogP contribution in [0.2, 0.25) is 0 Å². The van der Waals surface area contributed by atoms with Gasteiger partial charge in [0.25, 0.3) is 0 Å².